The molecule has 2 amide bonds. The average molecular weight is 427 g/mol. The fourth-order valence-corrected chi connectivity index (χ4v) is 3.89. The van der Waals surface area contributed by atoms with Crippen molar-refractivity contribution in [3.05, 3.63) is 65.2 Å². The van der Waals surface area contributed by atoms with Gasteiger partial charge in [-0.05, 0) is 57.4 Å². The summed E-state index contributed by atoms with van der Waals surface area (Å²) in [5, 5.41) is 3.01. The Kier molecular flexibility index (Phi) is 9.44. The highest BCUT2D eigenvalue weighted by molar-refractivity contribution is 7.99. The van der Waals surface area contributed by atoms with Gasteiger partial charge in [-0.15, -0.1) is 11.8 Å². The van der Waals surface area contributed by atoms with E-state index in [1.54, 1.807) is 16.7 Å². The van der Waals surface area contributed by atoms with Crippen LogP contribution in [-0.2, 0) is 16.1 Å². The highest BCUT2D eigenvalue weighted by Gasteiger charge is 2.26. The molecule has 0 bridgehead atoms. The van der Waals surface area contributed by atoms with Crippen molar-refractivity contribution < 1.29 is 9.59 Å². The Morgan fingerprint density at radius 2 is 1.70 bits per heavy atom. The number of nitrogens with zero attached hydrogens (tertiary/aromatic N) is 1. The zero-order valence-electron chi connectivity index (χ0n) is 18.8. The van der Waals surface area contributed by atoms with Gasteiger partial charge in [0.1, 0.15) is 6.04 Å². The van der Waals surface area contributed by atoms with E-state index in [2.05, 4.69) is 36.5 Å². The van der Waals surface area contributed by atoms with Crippen LogP contribution in [0.4, 0.5) is 0 Å². The van der Waals surface area contributed by atoms with Gasteiger partial charge in [-0.3, -0.25) is 9.59 Å². The summed E-state index contributed by atoms with van der Waals surface area (Å²) in [5.74, 6) is 0.591. The van der Waals surface area contributed by atoms with E-state index in [9.17, 15) is 9.59 Å². The van der Waals surface area contributed by atoms with Crippen LogP contribution in [0.2, 0.25) is 0 Å². The minimum absolute atomic E-state index is 0.00432. The molecule has 5 heteroatoms. The van der Waals surface area contributed by atoms with Crippen molar-refractivity contribution in [1.29, 1.82) is 0 Å². The molecule has 0 aliphatic heterocycles. The molecule has 2 aromatic rings. The predicted octanol–water partition coefficient (Wildman–Crippen LogP) is 5.12. The molecule has 0 saturated heterocycles. The number of aryl methyl sites for hydroxylation is 2. The monoisotopic (exact) mass is 426 g/mol. The first kappa shape index (κ1) is 24.0. The molecule has 0 aromatic heterocycles. The maximum atomic E-state index is 13.1. The normalized spacial score (nSPS) is 12.8. The van der Waals surface area contributed by atoms with E-state index >= 15 is 0 Å². The van der Waals surface area contributed by atoms with Crippen LogP contribution in [0.15, 0.2) is 53.4 Å². The van der Waals surface area contributed by atoms with Crippen LogP contribution in [0.1, 0.15) is 50.3 Å². The van der Waals surface area contributed by atoms with Gasteiger partial charge in [-0.2, -0.15) is 0 Å². The molecule has 4 nitrogen and oxygen atoms in total. The standard InChI is InChI=1S/C25H34N2O2S/c1-6-20(4)26-25(29)21(5)27(17-22-10-8-7-9-19(22)3)24(28)15-16-30-23-13-11-18(2)12-14-23/h7-14,20-21H,6,15-17H2,1-5H3,(H,26,29)/t20-,21-/m0/s1. The maximum absolute atomic E-state index is 13.1. The lowest BCUT2D eigenvalue weighted by Crippen LogP contribution is -2.49. The second kappa shape index (κ2) is 11.8. The second-order valence-corrected chi connectivity index (χ2v) is 9.02. The molecule has 0 spiro atoms. The molecule has 0 fully saturated rings. The highest BCUT2D eigenvalue weighted by Crippen LogP contribution is 2.21. The highest BCUT2D eigenvalue weighted by atomic mass is 32.2. The Labute approximate surface area is 185 Å². The number of nitrogens with one attached hydrogen (secondary N) is 1. The third-order valence-corrected chi connectivity index (χ3v) is 6.39. The number of carbonyl (C=O) groups excluding carboxylic acids is 2. The number of hydrogen-bond acceptors (Lipinski definition) is 3. The number of amides is 2. The average Bonchev–Trinajstić information content (AvgIpc) is 2.73. The zero-order chi connectivity index (χ0) is 22.1. The van der Waals surface area contributed by atoms with E-state index in [4.69, 9.17) is 0 Å². The zero-order valence-corrected chi connectivity index (χ0v) is 19.6. The lowest BCUT2D eigenvalue weighted by atomic mass is 10.1. The molecule has 2 atom stereocenters. The maximum Gasteiger partial charge on any atom is 0.242 e. The number of benzene rings is 2. The molecular weight excluding hydrogens is 392 g/mol. The summed E-state index contributed by atoms with van der Waals surface area (Å²) in [7, 11) is 0. The lowest BCUT2D eigenvalue weighted by Gasteiger charge is -2.30. The summed E-state index contributed by atoms with van der Waals surface area (Å²) in [4.78, 5) is 28.8. The Morgan fingerprint density at radius 3 is 2.33 bits per heavy atom. The van der Waals surface area contributed by atoms with Crippen molar-refractivity contribution in [3.63, 3.8) is 0 Å². The van der Waals surface area contributed by atoms with E-state index in [1.807, 2.05) is 52.0 Å². The second-order valence-electron chi connectivity index (χ2n) is 7.85. The fourth-order valence-electron chi connectivity index (χ4n) is 3.05. The Balaban J connectivity index is 2.08. The van der Waals surface area contributed by atoms with E-state index < -0.39 is 6.04 Å². The summed E-state index contributed by atoms with van der Waals surface area (Å²) >= 11 is 1.67. The summed E-state index contributed by atoms with van der Waals surface area (Å²) < 4.78 is 0. The van der Waals surface area contributed by atoms with Gasteiger partial charge in [0.15, 0.2) is 0 Å². The molecule has 162 valence electrons. The third kappa shape index (κ3) is 7.21. The first-order valence-electron chi connectivity index (χ1n) is 10.7. The largest absolute Gasteiger partial charge is 0.352 e. The molecule has 2 rings (SSSR count). The summed E-state index contributed by atoms with van der Waals surface area (Å²) in [6, 6.07) is 15.9. The van der Waals surface area contributed by atoms with E-state index in [0.717, 1.165) is 22.4 Å². The van der Waals surface area contributed by atoms with Gasteiger partial charge in [-0.1, -0.05) is 48.9 Å². The fraction of sp³-hybridized carbons (Fsp3) is 0.440. The van der Waals surface area contributed by atoms with Crippen molar-refractivity contribution in [2.45, 2.75) is 71.0 Å². The van der Waals surface area contributed by atoms with Gasteiger partial charge in [0.25, 0.3) is 0 Å². The SMILES string of the molecule is CC[C@H](C)NC(=O)[C@H](C)N(Cc1ccccc1C)C(=O)CCSc1ccc(C)cc1. The van der Waals surface area contributed by atoms with Gasteiger partial charge < -0.3 is 10.2 Å². The van der Waals surface area contributed by atoms with Crippen LogP contribution in [-0.4, -0.2) is 34.6 Å². The van der Waals surface area contributed by atoms with Crippen LogP contribution in [0, 0.1) is 13.8 Å². The van der Waals surface area contributed by atoms with E-state index in [0.29, 0.717) is 18.7 Å². The number of thioether (sulfide) groups is 1. The molecule has 0 aliphatic rings. The van der Waals surface area contributed by atoms with E-state index in [1.165, 1.54) is 5.56 Å². The van der Waals surface area contributed by atoms with Crippen LogP contribution in [0.3, 0.4) is 0 Å². The first-order chi connectivity index (χ1) is 14.3. The van der Waals surface area contributed by atoms with Crippen LogP contribution in [0.5, 0.6) is 0 Å². The van der Waals surface area contributed by atoms with Crippen LogP contribution < -0.4 is 5.32 Å². The minimum atomic E-state index is -0.518. The van der Waals surface area contributed by atoms with Crippen LogP contribution >= 0.6 is 11.8 Å². The van der Waals surface area contributed by atoms with Crippen molar-refractivity contribution >= 4 is 23.6 Å². The van der Waals surface area contributed by atoms with Crippen molar-refractivity contribution in [2.75, 3.05) is 5.75 Å². The molecule has 0 aliphatic carbocycles. The Bertz CT molecular complexity index is 835. The third-order valence-electron chi connectivity index (χ3n) is 5.38. The van der Waals surface area contributed by atoms with Gasteiger partial charge in [-0.25, -0.2) is 0 Å². The molecule has 0 saturated carbocycles. The first-order valence-corrected chi connectivity index (χ1v) is 11.6. The van der Waals surface area contributed by atoms with Crippen molar-refractivity contribution in [1.82, 2.24) is 10.2 Å². The smallest absolute Gasteiger partial charge is 0.242 e. The molecule has 30 heavy (non-hydrogen) atoms. The number of carbonyl (C=O) groups is 2. The number of hydrogen-bond donors (Lipinski definition) is 1. The predicted molar refractivity (Wildman–Crippen MR) is 126 cm³/mol. The summed E-state index contributed by atoms with van der Waals surface area (Å²) in [6.45, 7) is 10.4. The molecular formula is C25H34N2O2S. The van der Waals surface area contributed by atoms with Gasteiger partial charge in [0.05, 0.1) is 0 Å². The summed E-state index contributed by atoms with van der Waals surface area (Å²) in [6.07, 6.45) is 1.25. The minimum Gasteiger partial charge on any atom is -0.352 e. The quantitative estimate of drug-likeness (QED) is 0.537. The Morgan fingerprint density at radius 1 is 1.03 bits per heavy atom. The van der Waals surface area contributed by atoms with Crippen LogP contribution in [0.25, 0.3) is 0 Å². The molecule has 2 aromatic carbocycles. The molecule has 0 unspecified atom stereocenters. The van der Waals surface area contributed by atoms with Gasteiger partial charge in [0, 0.05) is 29.7 Å². The van der Waals surface area contributed by atoms with Crippen molar-refractivity contribution in [3.8, 4) is 0 Å². The van der Waals surface area contributed by atoms with Gasteiger partial charge in [0.2, 0.25) is 11.8 Å². The summed E-state index contributed by atoms with van der Waals surface area (Å²) in [5.41, 5.74) is 3.42. The molecule has 0 heterocycles. The molecule has 0 radical (unpaired) electrons. The van der Waals surface area contributed by atoms with Crippen molar-refractivity contribution in [2.24, 2.45) is 0 Å². The van der Waals surface area contributed by atoms with Gasteiger partial charge >= 0.3 is 0 Å². The van der Waals surface area contributed by atoms with E-state index in [-0.39, 0.29) is 17.9 Å². The lowest BCUT2D eigenvalue weighted by molar-refractivity contribution is -0.140. The Hall–Kier alpha value is -2.27. The number of rotatable bonds is 10. The topological polar surface area (TPSA) is 49.4 Å². The molecule has 1 N–H and O–H groups in total.